The van der Waals surface area contributed by atoms with E-state index in [1.54, 1.807) is 31.1 Å². The third kappa shape index (κ3) is 6.00. The monoisotopic (exact) mass is 388 g/mol. The number of hydrogen-bond acceptors (Lipinski definition) is 3. The third-order valence-corrected chi connectivity index (χ3v) is 4.48. The van der Waals surface area contributed by atoms with Gasteiger partial charge in [0.25, 0.3) is 0 Å². The minimum Gasteiger partial charge on any atom is -0.497 e. The molecule has 2 amide bonds. The average molecular weight is 389 g/mol. The van der Waals surface area contributed by atoms with E-state index in [4.69, 9.17) is 16.3 Å². The Hall–Kier alpha value is -2.53. The molecular weight excluding hydrogens is 364 g/mol. The number of carbonyl (C=O) groups is 2. The predicted octanol–water partition coefficient (Wildman–Crippen LogP) is 3.44. The molecule has 2 rings (SSSR count). The predicted molar refractivity (Wildman–Crippen MR) is 107 cm³/mol. The van der Waals surface area contributed by atoms with Gasteiger partial charge in [0, 0.05) is 18.1 Å². The Labute approximate surface area is 165 Å². The second-order valence-electron chi connectivity index (χ2n) is 6.25. The number of amides is 2. The lowest BCUT2D eigenvalue weighted by Gasteiger charge is -2.29. The molecule has 0 saturated carbocycles. The summed E-state index contributed by atoms with van der Waals surface area (Å²) in [5.74, 6) is 0.388. The van der Waals surface area contributed by atoms with Crippen molar-refractivity contribution in [2.45, 2.75) is 32.9 Å². The fraction of sp³-hybridized carbons (Fsp3) is 0.333. The first-order valence-electron chi connectivity index (χ1n) is 8.89. The van der Waals surface area contributed by atoms with E-state index in [0.29, 0.717) is 23.9 Å². The molecule has 0 saturated heterocycles. The Balaban J connectivity index is 2.24. The Morgan fingerprint density at radius 2 is 1.85 bits per heavy atom. The van der Waals surface area contributed by atoms with E-state index in [0.717, 1.165) is 11.1 Å². The van der Waals surface area contributed by atoms with E-state index in [2.05, 4.69) is 5.32 Å². The van der Waals surface area contributed by atoms with Crippen LogP contribution in [0.25, 0.3) is 0 Å². The number of carbonyl (C=O) groups excluding carboxylic acids is 2. The summed E-state index contributed by atoms with van der Waals surface area (Å²) in [5.41, 5.74) is 1.70. The van der Waals surface area contributed by atoms with E-state index in [9.17, 15) is 9.59 Å². The second-order valence-corrected chi connectivity index (χ2v) is 6.69. The smallest absolute Gasteiger partial charge is 0.242 e. The van der Waals surface area contributed by atoms with Gasteiger partial charge in [-0.05, 0) is 49.2 Å². The molecule has 0 heterocycles. The molecule has 2 aromatic rings. The highest BCUT2D eigenvalue weighted by atomic mass is 35.5. The number of likely N-dealkylation sites (N-methyl/N-ethyl adjacent to an activating group) is 1. The normalized spacial score (nSPS) is 11.6. The Bertz CT molecular complexity index is 795. The molecule has 0 aliphatic heterocycles. The fourth-order valence-corrected chi connectivity index (χ4v) is 3.01. The van der Waals surface area contributed by atoms with E-state index < -0.39 is 6.04 Å². The second kappa shape index (κ2) is 9.97. The van der Waals surface area contributed by atoms with E-state index in [-0.39, 0.29) is 18.2 Å². The van der Waals surface area contributed by atoms with Crippen molar-refractivity contribution in [3.63, 3.8) is 0 Å². The van der Waals surface area contributed by atoms with Gasteiger partial charge in [-0.2, -0.15) is 0 Å². The van der Waals surface area contributed by atoms with Crippen molar-refractivity contribution in [1.29, 1.82) is 0 Å². The molecule has 0 fully saturated rings. The molecule has 0 aromatic heterocycles. The first-order chi connectivity index (χ1) is 12.9. The molecule has 0 spiro atoms. The summed E-state index contributed by atoms with van der Waals surface area (Å²) in [6, 6.07) is 14.1. The molecule has 0 bridgehead atoms. The highest BCUT2D eigenvalue weighted by Gasteiger charge is 2.26. The average Bonchev–Trinajstić information content (AvgIpc) is 2.66. The molecule has 27 heavy (non-hydrogen) atoms. The summed E-state index contributed by atoms with van der Waals surface area (Å²) in [4.78, 5) is 26.9. The largest absolute Gasteiger partial charge is 0.497 e. The van der Waals surface area contributed by atoms with Crippen molar-refractivity contribution < 1.29 is 14.3 Å². The molecule has 1 atom stereocenters. The summed E-state index contributed by atoms with van der Waals surface area (Å²) in [5, 5.41) is 3.36. The van der Waals surface area contributed by atoms with Gasteiger partial charge >= 0.3 is 0 Å². The van der Waals surface area contributed by atoms with Crippen LogP contribution in [0.2, 0.25) is 5.02 Å². The van der Waals surface area contributed by atoms with Crippen molar-refractivity contribution in [3.8, 4) is 5.75 Å². The van der Waals surface area contributed by atoms with Crippen LogP contribution in [0.3, 0.4) is 0 Å². The molecule has 0 radical (unpaired) electrons. The highest BCUT2D eigenvalue weighted by Crippen LogP contribution is 2.18. The maximum absolute atomic E-state index is 13.0. The molecule has 0 aliphatic rings. The van der Waals surface area contributed by atoms with Crippen LogP contribution < -0.4 is 10.1 Å². The lowest BCUT2D eigenvalue weighted by molar-refractivity contribution is -0.140. The zero-order valence-electron chi connectivity index (χ0n) is 15.9. The number of nitrogens with zero attached hydrogens (tertiary/aromatic N) is 1. The number of hydrogen-bond donors (Lipinski definition) is 1. The van der Waals surface area contributed by atoms with Gasteiger partial charge in [-0.1, -0.05) is 35.9 Å². The van der Waals surface area contributed by atoms with Crippen molar-refractivity contribution >= 4 is 23.4 Å². The zero-order chi connectivity index (χ0) is 19.8. The van der Waals surface area contributed by atoms with Crippen molar-refractivity contribution in [2.75, 3.05) is 13.7 Å². The molecule has 0 aliphatic carbocycles. The van der Waals surface area contributed by atoms with Gasteiger partial charge in [0.2, 0.25) is 11.8 Å². The lowest BCUT2D eigenvalue weighted by Crippen LogP contribution is -2.48. The molecule has 5 nitrogen and oxygen atoms in total. The molecular formula is C21H25ClN2O3. The number of rotatable bonds is 8. The van der Waals surface area contributed by atoms with Gasteiger partial charge in [-0.3, -0.25) is 9.59 Å². The zero-order valence-corrected chi connectivity index (χ0v) is 16.6. The maximum atomic E-state index is 13.0. The number of halogens is 1. The van der Waals surface area contributed by atoms with Gasteiger partial charge in [0.15, 0.2) is 0 Å². The minimum atomic E-state index is -0.595. The Morgan fingerprint density at radius 1 is 1.15 bits per heavy atom. The van der Waals surface area contributed by atoms with Gasteiger partial charge in [0.1, 0.15) is 11.8 Å². The quantitative estimate of drug-likeness (QED) is 0.753. The fourth-order valence-electron chi connectivity index (χ4n) is 2.80. The Kier molecular flexibility index (Phi) is 7.67. The minimum absolute atomic E-state index is 0.140. The summed E-state index contributed by atoms with van der Waals surface area (Å²) >= 11 is 6.02. The van der Waals surface area contributed by atoms with Crippen LogP contribution in [0.5, 0.6) is 5.75 Å². The lowest BCUT2D eigenvalue weighted by atomic mass is 10.1. The van der Waals surface area contributed by atoms with Crippen LogP contribution in [0.15, 0.2) is 48.5 Å². The Morgan fingerprint density at radius 3 is 2.52 bits per heavy atom. The van der Waals surface area contributed by atoms with Crippen LogP contribution in [0.4, 0.5) is 0 Å². The first-order valence-corrected chi connectivity index (χ1v) is 9.27. The molecule has 144 valence electrons. The van der Waals surface area contributed by atoms with Crippen LogP contribution >= 0.6 is 11.6 Å². The van der Waals surface area contributed by atoms with Gasteiger partial charge < -0.3 is 15.0 Å². The summed E-state index contributed by atoms with van der Waals surface area (Å²) in [6.45, 7) is 4.42. The molecule has 0 unspecified atom stereocenters. The van der Waals surface area contributed by atoms with Crippen LogP contribution in [-0.4, -0.2) is 36.4 Å². The van der Waals surface area contributed by atoms with Crippen molar-refractivity contribution in [3.05, 3.63) is 64.7 Å². The summed E-state index contributed by atoms with van der Waals surface area (Å²) in [7, 11) is 1.60. The topological polar surface area (TPSA) is 58.6 Å². The molecule has 1 N–H and O–H groups in total. The third-order valence-electron chi connectivity index (χ3n) is 4.25. The van der Waals surface area contributed by atoms with Gasteiger partial charge in [0.05, 0.1) is 13.5 Å². The van der Waals surface area contributed by atoms with Gasteiger partial charge in [-0.15, -0.1) is 0 Å². The first kappa shape index (κ1) is 20.8. The van der Waals surface area contributed by atoms with E-state index in [1.807, 2.05) is 43.3 Å². The maximum Gasteiger partial charge on any atom is 0.242 e. The molecule has 6 heteroatoms. The van der Waals surface area contributed by atoms with Crippen LogP contribution in [0.1, 0.15) is 25.0 Å². The standard InChI is InChI=1S/C21H25ClN2O3/c1-4-23-21(26)15(2)24(14-17-8-6-10-19(12-17)27-3)20(25)13-16-7-5-9-18(22)11-16/h5-12,15H,4,13-14H2,1-3H3,(H,23,26)/t15-/m0/s1. The van der Waals surface area contributed by atoms with E-state index >= 15 is 0 Å². The number of methoxy groups -OCH3 is 1. The van der Waals surface area contributed by atoms with Crippen molar-refractivity contribution in [1.82, 2.24) is 10.2 Å². The van der Waals surface area contributed by atoms with Crippen molar-refractivity contribution in [2.24, 2.45) is 0 Å². The van der Waals surface area contributed by atoms with Gasteiger partial charge in [-0.25, -0.2) is 0 Å². The summed E-state index contributed by atoms with van der Waals surface area (Å²) < 4.78 is 5.25. The highest BCUT2D eigenvalue weighted by molar-refractivity contribution is 6.30. The van der Waals surface area contributed by atoms with E-state index in [1.165, 1.54) is 0 Å². The van der Waals surface area contributed by atoms with Crippen LogP contribution in [0, 0.1) is 0 Å². The SMILES string of the molecule is CCNC(=O)[C@H](C)N(Cc1cccc(OC)c1)C(=O)Cc1cccc(Cl)c1. The number of nitrogens with one attached hydrogen (secondary N) is 1. The summed E-state index contributed by atoms with van der Waals surface area (Å²) in [6.07, 6.45) is 0.175. The molecule has 2 aromatic carbocycles. The van der Waals surface area contributed by atoms with Crippen LogP contribution in [-0.2, 0) is 22.6 Å². The number of ether oxygens (including phenoxy) is 1. The number of benzene rings is 2.